The number of carbonyl (C=O) groups is 1. The van der Waals surface area contributed by atoms with Crippen molar-refractivity contribution >= 4 is 5.91 Å². The Hall–Kier alpha value is -0.610. The molecule has 0 aliphatic carbocycles. The van der Waals surface area contributed by atoms with E-state index < -0.39 is 0 Å². The molecule has 2 aliphatic rings. The van der Waals surface area contributed by atoms with Crippen molar-refractivity contribution in [2.45, 2.75) is 44.6 Å². The normalized spacial score (nSPS) is 26.0. The van der Waals surface area contributed by atoms with E-state index in [1.165, 1.54) is 38.8 Å². The van der Waals surface area contributed by atoms with Crippen LogP contribution in [0.3, 0.4) is 0 Å². The molecular weight excluding hydrogens is 214 g/mol. The summed E-state index contributed by atoms with van der Waals surface area (Å²) < 4.78 is 0. The highest BCUT2D eigenvalue weighted by Gasteiger charge is 2.16. The molecule has 0 spiro atoms. The Morgan fingerprint density at radius 1 is 1.24 bits per heavy atom. The standard InChI is InChI=1S/C13H25N3O/c17-13(11-12-5-1-2-6-14-12)15-7-10-16-8-3-4-9-16/h12,14H,1-11H2,(H,15,17). The fourth-order valence-electron chi connectivity index (χ4n) is 2.75. The Labute approximate surface area is 104 Å². The quantitative estimate of drug-likeness (QED) is 0.743. The summed E-state index contributed by atoms with van der Waals surface area (Å²) in [6, 6.07) is 0.413. The Morgan fingerprint density at radius 2 is 2.06 bits per heavy atom. The number of hydrogen-bond donors (Lipinski definition) is 2. The molecule has 2 saturated heterocycles. The highest BCUT2D eigenvalue weighted by atomic mass is 16.1. The van der Waals surface area contributed by atoms with Crippen LogP contribution in [0.15, 0.2) is 0 Å². The van der Waals surface area contributed by atoms with Crippen LogP contribution in [-0.2, 0) is 4.79 Å². The zero-order valence-electron chi connectivity index (χ0n) is 10.7. The topological polar surface area (TPSA) is 44.4 Å². The van der Waals surface area contributed by atoms with Gasteiger partial charge in [-0.2, -0.15) is 0 Å². The van der Waals surface area contributed by atoms with Crippen LogP contribution in [0.2, 0.25) is 0 Å². The van der Waals surface area contributed by atoms with Crippen LogP contribution in [0, 0.1) is 0 Å². The Kier molecular flexibility index (Phi) is 5.26. The average Bonchev–Trinajstić information content (AvgIpc) is 2.83. The van der Waals surface area contributed by atoms with E-state index in [0.29, 0.717) is 12.5 Å². The average molecular weight is 239 g/mol. The van der Waals surface area contributed by atoms with Gasteiger partial charge in [0.1, 0.15) is 0 Å². The third-order valence-electron chi connectivity index (χ3n) is 3.79. The number of carbonyl (C=O) groups excluding carboxylic acids is 1. The third-order valence-corrected chi connectivity index (χ3v) is 3.79. The van der Waals surface area contributed by atoms with Crippen molar-refractivity contribution in [2.75, 3.05) is 32.7 Å². The van der Waals surface area contributed by atoms with E-state index in [2.05, 4.69) is 15.5 Å². The van der Waals surface area contributed by atoms with E-state index in [4.69, 9.17) is 0 Å². The lowest BCUT2D eigenvalue weighted by Crippen LogP contribution is -2.40. The van der Waals surface area contributed by atoms with Crippen molar-refractivity contribution in [3.63, 3.8) is 0 Å². The summed E-state index contributed by atoms with van der Waals surface area (Å²) in [4.78, 5) is 14.1. The molecule has 4 heteroatoms. The number of nitrogens with zero attached hydrogens (tertiary/aromatic N) is 1. The molecule has 0 radical (unpaired) electrons. The van der Waals surface area contributed by atoms with Crippen molar-refractivity contribution in [1.82, 2.24) is 15.5 Å². The molecule has 17 heavy (non-hydrogen) atoms. The minimum Gasteiger partial charge on any atom is -0.355 e. The summed E-state index contributed by atoms with van der Waals surface area (Å²) in [5.74, 6) is 0.212. The van der Waals surface area contributed by atoms with E-state index in [9.17, 15) is 4.79 Å². The van der Waals surface area contributed by atoms with E-state index in [1.807, 2.05) is 0 Å². The van der Waals surface area contributed by atoms with Crippen LogP contribution < -0.4 is 10.6 Å². The maximum Gasteiger partial charge on any atom is 0.221 e. The first-order valence-corrected chi connectivity index (χ1v) is 7.07. The van der Waals surface area contributed by atoms with E-state index in [-0.39, 0.29) is 5.91 Å². The van der Waals surface area contributed by atoms with Gasteiger partial charge in [0, 0.05) is 25.6 Å². The number of rotatable bonds is 5. The molecule has 0 saturated carbocycles. The number of hydrogen-bond acceptors (Lipinski definition) is 3. The van der Waals surface area contributed by atoms with Gasteiger partial charge in [-0.3, -0.25) is 4.79 Å². The van der Waals surface area contributed by atoms with Gasteiger partial charge >= 0.3 is 0 Å². The minimum atomic E-state index is 0.212. The largest absolute Gasteiger partial charge is 0.355 e. The zero-order valence-corrected chi connectivity index (χ0v) is 10.7. The summed E-state index contributed by atoms with van der Waals surface area (Å²) in [6.45, 7) is 5.32. The summed E-state index contributed by atoms with van der Waals surface area (Å²) >= 11 is 0. The second-order valence-electron chi connectivity index (χ2n) is 5.25. The molecule has 0 aromatic carbocycles. The molecule has 0 bridgehead atoms. The highest BCUT2D eigenvalue weighted by Crippen LogP contribution is 2.09. The molecule has 2 heterocycles. The number of piperidine rings is 1. The minimum absolute atomic E-state index is 0.212. The SMILES string of the molecule is O=C(CC1CCCCN1)NCCN1CCCC1. The van der Waals surface area contributed by atoms with Gasteiger partial charge in [0.25, 0.3) is 0 Å². The summed E-state index contributed by atoms with van der Waals surface area (Å²) in [7, 11) is 0. The van der Waals surface area contributed by atoms with Crippen LogP contribution in [0.1, 0.15) is 38.5 Å². The van der Waals surface area contributed by atoms with Crippen LogP contribution in [0.5, 0.6) is 0 Å². The first-order valence-electron chi connectivity index (χ1n) is 7.07. The van der Waals surface area contributed by atoms with Crippen molar-refractivity contribution in [1.29, 1.82) is 0 Å². The third kappa shape index (κ3) is 4.64. The molecule has 1 amide bonds. The molecular formula is C13H25N3O. The molecule has 0 aromatic rings. The molecule has 2 aliphatic heterocycles. The zero-order chi connectivity index (χ0) is 11.9. The predicted octanol–water partition coefficient (Wildman–Crippen LogP) is 0.731. The Balaban J connectivity index is 1.53. The van der Waals surface area contributed by atoms with Crippen molar-refractivity contribution in [3.05, 3.63) is 0 Å². The van der Waals surface area contributed by atoms with Gasteiger partial charge in [-0.15, -0.1) is 0 Å². The Bertz CT molecular complexity index is 233. The lowest BCUT2D eigenvalue weighted by atomic mass is 10.0. The molecule has 98 valence electrons. The van der Waals surface area contributed by atoms with Crippen LogP contribution >= 0.6 is 0 Å². The van der Waals surface area contributed by atoms with Gasteiger partial charge in [0.2, 0.25) is 5.91 Å². The molecule has 4 nitrogen and oxygen atoms in total. The van der Waals surface area contributed by atoms with Gasteiger partial charge in [-0.25, -0.2) is 0 Å². The monoisotopic (exact) mass is 239 g/mol. The lowest BCUT2D eigenvalue weighted by molar-refractivity contribution is -0.121. The fraction of sp³-hybridized carbons (Fsp3) is 0.923. The van der Waals surface area contributed by atoms with E-state index in [0.717, 1.165) is 26.1 Å². The smallest absolute Gasteiger partial charge is 0.221 e. The first kappa shape index (κ1) is 12.8. The second kappa shape index (κ2) is 6.97. The van der Waals surface area contributed by atoms with Crippen LogP contribution in [0.25, 0.3) is 0 Å². The number of nitrogens with one attached hydrogen (secondary N) is 2. The number of likely N-dealkylation sites (tertiary alicyclic amines) is 1. The fourth-order valence-corrected chi connectivity index (χ4v) is 2.75. The maximum atomic E-state index is 11.7. The first-order chi connectivity index (χ1) is 8.34. The molecule has 0 aromatic heterocycles. The molecule has 2 rings (SSSR count). The van der Waals surface area contributed by atoms with Crippen molar-refractivity contribution in [3.8, 4) is 0 Å². The van der Waals surface area contributed by atoms with E-state index >= 15 is 0 Å². The van der Waals surface area contributed by atoms with Crippen molar-refractivity contribution in [2.24, 2.45) is 0 Å². The molecule has 1 atom stereocenters. The van der Waals surface area contributed by atoms with E-state index in [1.54, 1.807) is 0 Å². The van der Waals surface area contributed by atoms with Crippen molar-refractivity contribution < 1.29 is 4.79 Å². The summed E-state index contributed by atoms with van der Waals surface area (Å²) in [6.07, 6.45) is 6.96. The molecule has 2 N–H and O–H groups in total. The van der Waals surface area contributed by atoms with Crippen LogP contribution in [-0.4, -0.2) is 49.6 Å². The van der Waals surface area contributed by atoms with Gasteiger partial charge in [-0.05, 0) is 45.3 Å². The predicted molar refractivity (Wildman–Crippen MR) is 68.9 cm³/mol. The summed E-state index contributed by atoms with van der Waals surface area (Å²) in [5, 5.41) is 6.45. The number of amides is 1. The Morgan fingerprint density at radius 3 is 2.76 bits per heavy atom. The second-order valence-corrected chi connectivity index (χ2v) is 5.25. The van der Waals surface area contributed by atoms with Gasteiger partial charge in [-0.1, -0.05) is 6.42 Å². The summed E-state index contributed by atoms with van der Waals surface area (Å²) in [5.41, 5.74) is 0. The van der Waals surface area contributed by atoms with Gasteiger partial charge < -0.3 is 15.5 Å². The maximum absolute atomic E-state index is 11.7. The molecule has 1 unspecified atom stereocenters. The highest BCUT2D eigenvalue weighted by molar-refractivity contribution is 5.76. The van der Waals surface area contributed by atoms with Crippen LogP contribution in [0.4, 0.5) is 0 Å². The van der Waals surface area contributed by atoms with Gasteiger partial charge in [0.05, 0.1) is 0 Å². The lowest BCUT2D eigenvalue weighted by Gasteiger charge is -2.23. The molecule has 2 fully saturated rings. The van der Waals surface area contributed by atoms with Gasteiger partial charge in [0.15, 0.2) is 0 Å².